The van der Waals surface area contributed by atoms with Crippen LogP contribution < -0.4 is 4.40 Å². The predicted octanol–water partition coefficient (Wildman–Crippen LogP) is 16.1. The van der Waals surface area contributed by atoms with Crippen molar-refractivity contribution in [1.29, 1.82) is 0 Å². The molecule has 0 unspecified atom stereocenters. The number of thiophene rings is 1. The van der Waals surface area contributed by atoms with Crippen LogP contribution in [0.1, 0.15) is 88.2 Å². The molecule has 1 aliphatic carbocycles. The molecule has 0 spiro atoms. The van der Waals surface area contributed by atoms with E-state index in [0.717, 1.165) is 93.8 Å². The van der Waals surface area contributed by atoms with Crippen molar-refractivity contribution in [2.24, 2.45) is 5.92 Å². The topological polar surface area (TPSA) is 69.6 Å². The molecule has 12 rings (SSSR count). The molecule has 10 heteroatoms. The van der Waals surface area contributed by atoms with Gasteiger partial charge in [0, 0.05) is 52.3 Å². The Labute approximate surface area is 437 Å². The Morgan fingerprint density at radius 2 is 1.64 bits per heavy atom. The van der Waals surface area contributed by atoms with Crippen molar-refractivity contribution in [1.82, 2.24) is 24.5 Å². The normalized spacial score (nSPS) is 15.1. The number of para-hydroxylation sites is 1. The molecular formula is C60H56FGeIrN5OS-2. The van der Waals surface area contributed by atoms with Crippen LogP contribution in [0.3, 0.4) is 0 Å². The average Bonchev–Trinajstić information content (AvgIpc) is 4.21. The van der Waals surface area contributed by atoms with Crippen LogP contribution in [-0.4, -0.2) is 37.8 Å². The first-order valence-corrected chi connectivity index (χ1v) is 32.1. The Bertz CT molecular complexity index is 4020. The van der Waals surface area contributed by atoms with E-state index < -0.39 is 32.8 Å². The first-order valence-electron chi connectivity index (χ1n) is 26.9. The third kappa shape index (κ3) is 8.82. The summed E-state index contributed by atoms with van der Waals surface area (Å²) in [6.07, 6.45) is 9.08. The molecule has 1 saturated carbocycles. The maximum Gasteiger partial charge on any atom is 0.140 e. The maximum atomic E-state index is 13.6. The number of hydrogen-bond acceptors (Lipinski definition) is 6. The fourth-order valence-electron chi connectivity index (χ4n) is 10.3. The Balaban J connectivity index is 0.000000215. The summed E-state index contributed by atoms with van der Waals surface area (Å²) < 4.78 is 71.8. The van der Waals surface area contributed by atoms with Crippen molar-refractivity contribution in [3.63, 3.8) is 0 Å². The zero-order valence-electron chi connectivity index (χ0n) is 46.1. The van der Waals surface area contributed by atoms with Crippen LogP contribution >= 0.6 is 11.3 Å². The number of aromatic nitrogens is 5. The number of furan rings is 1. The summed E-state index contributed by atoms with van der Waals surface area (Å²) in [4.78, 5) is 20.8. The van der Waals surface area contributed by atoms with E-state index in [0.29, 0.717) is 28.6 Å². The molecule has 0 bridgehead atoms. The molecular weight excluding hydrogens is 1120 g/mol. The number of fused-ring (bicyclic) bond motifs is 9. The molecule has 6 nitrogen and oxygen atoms in total. The Kier molecular flexibility index (Phi) is 11.3. The quantitative estimate of drug-likeness (QED) is 0.117. The second-order valence-electron chi connectivity index (χ2n) is 20.0. The number of hydrogen-bond donors (Lipinski definition) is 0. The number of benzene rings is 5. The molecule has 0 aliphatic heterocycles. The Morgan fingerprint density at radius 1 is 0.829 bits per heavy atom. The van der Waals surface area contributed by atoms with Gasteiger partial charge in [-0.15, -0.1) is 18.2 Å². The van der Waals surface area contributed by atoms with Crippen molar-refractivity contribution in [2.45, 2.75) is 96.2 Å². The monoisotopic (exact) mass is 1190 g/mol. The van der Waals surface area contributed by atoms with E-state index in [4.69, 9.17) is 22.6 Å². The summed E-state index contributed by atoms with van der Waals surface area (Å²) in [6.45, 7) is 1.67. The summed E-state index contributed by atoms with van der Waals surface area (Å²) in [6, 6.07) is 38.8. The summed E-state index contributed by atoms with van der Waals surface area (Å²) in [5, 5.41) is 5.11. The molecule has 70 heavy (non-hydrogen) atoms. The van der Waals surface area contributed by atoms with E-state index in [1.54, 1.807) is 17.4 Å². The van der Waals surface area contributed by atoms with Crippen LogP contribution in [0.4, 0.5) is 4.39 Å². The molecule has 0 N–H and O–H groups in total. The van der Waals surface area contributed by atoms with Gasteiger partial charge in [-0.05, 0) is 84.7 Å². The minimum Gasteiger partial charge on any atom is -0.456 e. The summed E-state index contributed by atoms with van der Waals surface area (Å²) in [7, 11) is 0. The maximum absolute atomic E-state index is 13.6. The van der Waals surface area contributed by atoms with Gasteiger partial charge in [-0.1, -0.05) is 60.5 Å². The second kappa shape index (κ2) is 19.2. The van der Waals surface area contributed by atoms with Gasteiger partial charge in [-0.3, -0.25) is 9.97 Å². The average molecular weight is 1190 g/mol. The van der Waals surface area contributed by atoms with Gasteiger partial charge in [0.15, 0.2) is 0 Å². The Morgan fingerprint density at radius 3 is 2.44 bits per heavy atom. The summed E-state index contributed by atoms with van der Waals surface area (Å²) in [5.74, 6) is 8.11. The molecule has 0 atom stereocenters. The van der Waals surface area contributed by atoms with Gasteiger partial charge in [0.05, 0.1) is 33.4 Å². The van der Waals surface area contributed by atoms with E-state index in [9.17, 15) is 4.39 Å². The number of pyridine rings is 3. The SMILES string of the molecule is [2H]C([2H])([2H])c1cc(F)c[c-]c1-c1cc(CC(C)C)[c]([Ge]([CH3])([CH3])[CH3])cn1.[2H]C([2H])([2H])c1ccc2c(ccc3nc(-c4[c-]ccc5c4sc4nc(C6CCCCC6)ccc45)n(-c4ccc(C)c5oc6ccccc6c45)c32)n1.[Ir]. The summed E-state index contributed by atoms with van der Waals surface area (Å²) in [5.41, 5.74) is 10.1. The van der Waals surface area contributed by atoms with Crippen LogP contribution in [0.15, 0.2) is 114 Å². The van der Waals surface area contributed by atoms with E-state index in [2.05, 4.69) is 101 Å². The number of rotatable bonds is 7. The van der Waals surface area contributed by atoms with Gasteiger partial charge in [0.2, 0.25) is 0 Å². The van der Waals surface area contributed by atoms with Crippen molar-refractivity contribution >= 4 is 93.2 Å². The zero-order valence-corrected chi connectivity index (χ0v) is 45.4. The minimum atomic E-state index is -2.41. The number of imidazole rings is 1. The van der Waals surface area contributed by atoms with Crippen LogP contribution in [-0.2, 0) is 26.5 Å². The molecule has 5 aromatic carbocycles. The van der Waals surface area contributed by atoms with E-state index in [1.807, 2.05) is 54.7 Å². The minimum absolute atomic E-state index is 0. The third-order valence-corrected chi connectivity index (χ3v) is 19.0. The molecule has 6 heterocycles. The molecule has 355 valence electrons. The fraction of sp³-hybridized carbons (Fsp3) is 0.267. The van der Waals surface area contributed by atoms with Crippen LogP contribution in [0.25, 0.3) is 92.5 Å². The molecule has 11 aromatic rings. The van der Waals surface area contributed by atoms with E-state index in [1.165, 1.54) is 53.8 Å². The molecule has 0 amide bonds. The van der Waals surface area contributed by atoms with Crippen molar-refractivity contribution in [2.75, 3.05) is 0 Å². The van der Waals surface area contributed by atoms with Crippen LogP contribution in [0.5, 0.6) is 0 Å². The molecule has 1 fully saturated rings. The molecule has 1 radical (unpaired) electrons. The second-order valence-corrected chi connectivity index (χ2v) is 31.5. The van der Waals surface area contributed by atoms with Gasteiger partial charge in [0.1, 0.15) is 16.0 Å². The zero-order chi connectivity index (χ0) is 52.7. The van der Waals surface area contributed by atoms with E-state index in [-0.39, 0.29) is 31.4 Å². The van der Waals surface area contributed by atoms with Crippen LogP contribution in [0, 0.1) is 44.5 Å². The number of aryl methyl sites for hydroxylation is 3. The first kappa shape index (κ1) is 41.1. The van der Waals surface area contributed by atoms with Gasteiger partial charge in [-0.2, -0.15) is 11.3 Å². The van der Waals surface area contributed by atoms with Crippen molar-refractivity contribution in [3.05, 3.63) is 155 Å². The van der Waals surface area contributed by atoms with Crippen LogP contribution in [0.2, 0.25) is 17.3 Å². The largest absolute Gasteiger partial charge is 0.456 e. The van der Waals surface area contributed by atoms with Gasteiger partial charge in [0.25, 0.3) is 0 Å². The summed E-state index contributed by atoms with van der Waals surface area (Å²) >= 11 is -0.396. The smallest absolute Gasteiger partial charge is 0.140 e. The standard InChI is InChI=1S/C41H31N4OS.C19H25FGeN.Ir/c1-23-15-22-34(36-29-11-6-7-14-35(29)46-38(23)36)45-37-28-17-16-24(2)42-32(28)20-21-33(37)43-40(45)30-13-8-12-26-27-18-19-31(25-9-4-3-5-10-25)44-41(27)47-39(26)30;1-13(2)9-15-11-19(22-12-18(15)21(4,5)6)17-8-7-16(20)10-14(17)3;/h6-8,11-12,14-22,25H,3-5,9-10H2,1-2H3;7,10-13H,9H2,1-6H3;/q2*-1;/i2D3;3D3;. The number of halogens is 1. The fourth-order valence-corrected chi connectivity index (χ4v) is 14.8. The molecule has 1 aliphatic rings. The molecule has 0 saturated heterocycles. The number of nitrogens with zero attached hydrogens (tertiary/aromatic N) is 5. The van der Waals surface area contributed by atoms with Gasteiger partial charge < -0.3 is 8.98 Å². The van der Waals surface area contributed by atoms with E-state index >= 15 is 0 Å². The van der Waals surface area contributed by atoms with Gasteiger partial charge >= 0.3 is 140 Å². The predicted molar refractivity (Wildman–Crippen MR) is 289 cm³/mol. The third-order valence-electron chi connectivity index (χ3n) is 13.6. The Hall–Kier alpha value is -5.58. The van der Waals surface area contributed by atoms with Gasteiger partial charge in [-0.25, -0.2) is 4.98 Å². The molecule has 6 aromatic heterocycles. The first-order chi connectivity index (χ1) is 35.7. The van der Waals surface area contributed by atoms with Crippen molar-refractivity contribution < 1.29 is 37.1 Å². The van der Waals surface area contributed by atoms with Crippen molar-refractivity contribution in [3.8, 4) is 28.3 Å².